The van der Waals surface area contributed by atoms with Crippen molar-refractivity contribution in [1.82, 2.24) is 14.9 Å². The molecule has 1 aliphatic heterocycles. The molecule has 5 nitrogen and oxygen atoms in total. The Hall–Kier alpha value is -2.44. The predicted octanol–water partition coefficient (Wildman–Crippen LogP) is 5.54. The summed E-state index contributed by atoms with van der Waals surface area (Å²) in [5.74, 6) is 2.83. The van der Waals surface area contributed by atoms with Crippen LogP contribution in [0.2, 0.25) is 0 Å². The summed E-state index contributed by atoms with van der Waals surface area (Å²) in [7, 11) is 0. The van der Waals surface area contributed by atoms with Crippen molar-refractivity contribution >= 4 is 22.4 Å². The molecule has 1 unspecified atom stereocenters. The van der Waals surface area contributed by atoms with E-state index in [4.69, 9.17) is 18.8 Å². The lowest BCUT2D eigenvalue weighted by Gasteiger charge is -2.30. The number of likely N-dealkylation sites (tertiary alicyclic amines) is 1. The Bertz CT molecular complexity index is 1080. The Morgan fingerprint density at radius 2 is 2.00 bits per heavy atom. The number of hydrogen-bond donors (Lipinski definition) is 0. The normalized spacial score (nSPS) is 18.1. The zero-order chi connectivity index (χ0) is 19.1. The molecule has 1 fully saturated rings. The highest BCUT2D eigenvalue weighted by molar-refractivity contribution is 7.15. The number of nitrogens with zero attached hydrogens (tertiary/aromatic N) is 3. The summed E-state index contributed by atoms with van der Waals surface area (Å²) in [6, 6.07) is 12.2. The number of aryl methyl sites for hydroxylation is 2. The number of fused-ring (bicyclic) bond motifs is 1. The Labute approximate surface area is 168 Å². The predicted molar refractivity (Wildman–Crippen MR) is 111 cm³/mol. The molecule has 4 heterocycles. The van der Waals surface area contributed by atoms with Gasteiger partial charge in [0.1, 0.15) is 11.3 Å². The van der Waals surface area contributed by atoms with Crippen molar-refractivity contribution < 1.29 is 8.83 Å². The van der Waals surface area contributed by atoms with Gasteiger partial charge in [-0.1, -0.05) is 12.1 Å². The van der Waals surface area contributed by atoms with E-state index in [9.17, 15) is 0 Å². The summed E-state index contributed by atoms with van der Waals surface area (Å²) >= 11 is 1.72. The third-order valence-electron chi connectivity index (χ3n) is 5.38. The molecule has 0 spiro atoms. The molecule has 0 saturated carbocycles. The van der Waals surface area contributed by atoms with Gasteiger partial charge in [-0.3, -0.25) is 4.90 Å². The van der Waals surface area contributed by atoms with E-state index in [1.807, 2.05) is 31.2 Å². The minimum atomic E-state index is 0.327. The molecule has 0 aliphatic carbocycles. The standard InChI is InChI=1S/C22H23N3O2S/c1-14-9-10-20(28-14)22-24-18(15(2)26-22)13-25-11-5-6-16(12-25)21-23-17-7-3-4-8-19(17)27-21/h3-4,7-10,16H,5-6,11-13H2,1-2H3. The van der Waals surface area contributed by atoms with Crippen LogP contribution in [0.25, 0.3) is 21.9 Å². The fraction of sp³-hybridized carbons (Fsp3) is 0.364. The molecule has 6 heteroatoms. The first-order valence-corrected chi connectivity index (χ1v) is 10.6. The van der Waals surface area contributed by atoms with Crippen LogP contribution in [0.5, 0.6) is 0 Å². The largest absolute Gasteiger partial charge is 0.440 e. The summed E-state index contributed by atoms with van der Waals surface area (Å²) in [5, 5.41) is 0. The van der Waals surface area contributed by atoms with Gasteiger partial charge in [0.05, 0.1) is 10.6 Å². The van der Waals surface area contributed by atoms with E-state index < -0.39 is 0 Å². The van der Waals surface area contributed by atoms with Crippen molar-refractivity contribution in [3.05, 3.63) is 58.6 Å². The van der Waals surface area contributed by atoms with Gasteiger partial charge in [0.2, 0.25) is 5.89 Å². The fourth-order valence-electron chi connectivity index (χ4n) is 3.91. The van der Waals surface area contributed by atoms with Crippen LogP contribution < -0.4 is 0 Å². The number of rotatable bonds is 4. The molecule has 3 aromatic heterocycles. The molecular formula is C22H23N3O2S. The SMILES string of the molecule is Cc1ccc(-c2nc(CN3CCCC(c4nc5ccccc5o4)C3)c(C)o2)s1. The molecule has 28 heavy (non-hydrogen) atoms. The minimum absolute atomic E-state index is 0.327. The van der Waals surface area contributed by atoms with Crippen LogP contribution in [0.1, 0.15) is 41.0 Å². The molecule has 5 rings (SSSR count). The Morgan fingerprint density at radius 3 is 2.82 bits per heavy atom. The summed E-state index contributed by atoms with van der Waals surface area (Å²) < 4.78 is 12.0. The summed E-state index contributed by atoms with van der Waals surface area (Å²) in [6.07, 6.45) is 2.25. The molecule has 1 aliphatic rings. The van der Waals surface area contributed by atoms with Crippen molar-refractivity contribution in [3.8, 4) is 10.8 Å². The Kier molecular flexibility index (Phi) is 4.53. The monoisotopic (exact) mass is 393 g/mol. The van der Waals surface area contributed by atoms with Gasteiger partial charge in [-0.05, 0) is 57.5 Å². The molecule has 1 aromatic carbocycles. The van der Waals surface area contributed by atoms with E-state index in [1.54, 1.807) is 11.3 Å². The van der Waals surface area contributed by atoms with Crippen LogP contribution in [0.15, 0.2) is 45.2 Å². The van der Waals surface area contributed by atoms with E-state index in [-0.39, 0.29) is 0 Å². The van der Waals surface area contributed by atoms with E-state index >= 15 is 0 Å². The second-order valence-corrected chi connectivity index (χ2v) is 8.81. The lowest BCUT2D eigenvalue weighted by molar-refractivity contribution is 0.185. The molecule has 0 amide bonds. The number of hydrogen-bond acceptors (Lipinski definition) is 6. The third kappa shape index (κ3) is 3.38. The molecule has 0 bridgehead atoms. The number of piperidine rings is 1. The Balaban J connectivity index is 1.32. The quantitative estimate of drug-likeness (QED) is 0.455. The summed E-state index contributed by atoms with van der Waals surface area (Å²) in [5.41, 5.74) is 2.84. The second kappa shape index (κ2) is 7.18. The maximum atomic E-state index is 6.02. The second-order valence-electron chi connectivity index (χ2n) is 7.53. The number of benzene rings is 1. The van der Waals surface area contributed by atoms with Crippen LogP contribution >= 0.6 is 11.3 Å². The maximum Gasteiger partial charge on any atom is 0.236 e. The maximum absolute atomic E-state index is 6.02. The fourth-order valence-corrected chi connectivity index (χ4v) is 4.70. The molecular weight excluding hydrogens is 370 g/mol. The van der Waals surface area contributed by atoms with Crippen LogP contribution in [0.3, 0.4) is 0 Å². The lowest BCUT2D eigenvalue weighted by Crippen LogP contribution is -2.34. The first-order chi connectivity index (χ1) is 13.7. The van der Waals surface area contributed by atoms with Gasteiger partial charge >= 0.3 is 0 Å². The smallest absolute Gasteiger partial charge is 0.236 e. The molecule has 0 radical (unpaired) electrons. The van der Waals surface area contributed by atoms with Gasteiger partial charge in [0.25, 0.3) is 0 Å². The first-order valence-electron chi connectivity index (χ1n) is 9.76. The van der Waals surface area contributed by atoms with Crippen LogP contribution in [-0.2, 0) is 6.54 Å². The minimum Gasteiger partial charge on any atom is -0.440 e. The highest BCUT2D eigenvalue weighted by atomic mass is 32.1. The zero-order valence-electron chi connectivity index (χ0n) is 16.1. The van der Waals surface area contributed by atoms with Gasteiger partial charge in [0.15, 0.2) is 11.5 Å². The lowest BCUT2D eigenvalue weighted by atomic mass is 9.98. The van der Waals surface area contributed by atoms with Crippen molar-refractivity contribution in [2.24, 2.45) is 0 Å². The van der Waals surface area contributed by atoms with E-state index in [1.165, 1.54) is 4.88 Å². The number of thiophene rings is 1. The van der Waals surface area contributed by atoms with Crippen LogP contribution in [0, 0.1) is 13.8 Å². The van der Waals surface area contributed by atoms with Crippen molar-refractivity contribution in [3.63, 3.8) is 0 Å². The summed E-state index contributed by atoms with van der Waals surface area (Å²) in [6.45, 7) is 6.92. The number of aromatic nitrogens is 2. The van der Waals surface area contributed by atoms with Crippen molar-refractivity contribution in [1.29, 1.82) is 0 Å². The van der Waals surface area contributed by atoms with Gasteiger partial charge in [-0.15, -0.1) is 11.3 Å². The third-order valence-corrected chi connectivity index (χ3v) is 6.37. The molecule has 4 aromatic rings. The number of oxazole rings is 2. The van der Waals surface area contributed by atoms with E-state index in [0.29, 0.717) is 5.92 Å². The Morgan fingerprint density at radius 1 is 1.11 bits per heavy atom. The van der Waals surface area contributed by atoms with Crippen LogP contribution in [-0.4, -0.2) is 28.0 Å². The number of para-hydroxylation sites is 2. The first kappa shape index (κ1) is 17.6. The van der Waals surface area contributed by atoms with Gasteiger partial charge < -0.3 is 8.83 Å². The highest BCUT2D eigenvalue weighted by Crippen LogP contribution is 2.32. The van der Waals surface area contributed by atoms with Crippen molar-refractivity contribution in [2.75, 3.05) is 13.1 Å². The average Bonchev–Trinajstić information content (AvgIpc) is 3.41. The molecule has 0 N–H and O–H groups in total. The highest BCUT2D eigenvalue weighted by Gasteiger charge is 2.26. The topological polar surface area (TPSA) is 55.3 Å². The summed E-state index contributed by atoms with van der Waals surface area (Å²) in [4.78, 5) is 14.3. The molecule has 1 atom stereocenters. The van der Waals surface area contributed by atoms with Gasteiger partial charge in [0, 0.05) is 23.9 Å². The van der Waals surface area contributed by atoms with Gasteiger partial charge in [-0.2, -0.15) is 0 Å². The zero-order valence-corrected chi connectivity index (χ0v) is 17.0. The average molecular weight is 394 g/mol. The molecule has 144 valence electrons. The van der Waals surface area contributed by atoms with E-state index in [0.717, 1.165) is 71.7 Å². The van der Waals surface area contributed by atoms with Crippen LogP contribution in [0.4, 0.5) is 0 Å². The van der Waals surface area contributed by atoms with E-state index in [2.05, 4.69) is 24.0 Å². The molecule has 1 saturated heterocycles. The van der Waals surface area contributed by atoms with Crippen molar-refractivity contribution in [2.45, 2.75) is 39.2 Å². The van der Waals surface area contributed by atoms with Gasteiger partial charge in [-0.25, -0.2) is 9.97 Å².